The molecule has 8 nitrogen and oxygen atoms in total. The van der Waals surface area contributed by atoms with Crippen LogP contribution in [0.15, 0.2) is 30.3 Å². The molecule has 43 heavy (non-hydrogen) atoms. The van der Waals surface area contributed by atoms with Crippen molar-refractivity contribution in [2.75, 3.05) is 33.9 Å². The van der Waals surface area contributed by atoms with Crippen LogP contribution in [0.3, 0.4) is 0 Å². The Morgan fingerprint density at radius 2 is 1.53 bits per heavy atom. The first-order valence-electron chi connectivity index (χ1n) is 15.9. The molecule has 236 valence electrons. The molecule has 0 spiro atoms. The SMILES string of the molecule is CCCc1c(OCCCCCCc2cccc(OCCCCCC(=O)N(C)C)c2CCC(=O)O)ccc2c1OCCC2=O. The number of unbranched alkanes of at least 4 members (excludes halogenated alkanes) is 5. The monoisotopic (exact) mass is 595 g/mol. The van der Waals surface area contributed by atoms with E-state index in [-0.39, 0.29) is 18.1 Å². The van der Waals surface area contributed by atoms with Crippen LogP contribution in [0.2, 0.25) is 0 Å². The van der Waals surface area contributed by atoms with E-state index in [1.54, 1.807) is 19.0 Å². The number of ketones is 1. The Balaban J connectivity index is 1.45. The molecule has 1 heterocycles. The Morgan fingerprint density at radius 3 is 2.23 bits per heavy atom. The summed E-state index contributed by atoms with van der Waals surface area (Å²) in [6, 6.07) is 9.75. The van der Waals surface area contributed by atoms with E-state index >= 15 is 0 Å². The van der Waals surface area contributed by atoms with E-state index in [1.807, 2.05) is 24.3 Å². The predicted octanol–water partition coefficient (Wildman–Crippen LogP) is 6.83. The lowest BCUT2D eigenvalue weighted by molar-refractivity contribution is -0.137. The van der Waals surface area contributed by atoms with E-state index in [1.165, 1.54) is 0 Å². The standard InChI is InChI=1S/C35H49NO7/c1-4-13-29-32(20-18-28-30(37)22-25-43-35(28)29)42-23-10-6-5-8-14-26-15-12-16-31(27(26)19-21-34(39)40)41-24-11-7-9-17-33(38)36(2)3/h12,15-16,18,20H,4-11,13-14,17,19,21-25H2,1-3H3,(H,39,40). The fourth-order valence-corrected chi connectivity index (χ4v) is 5.41. The van der Waals surface area contributed by atoms with Crippen LogP contribution in [0.25, 0.3) is 0 Å². The molecule has 8 heteroatoms. The number of fused-ring (bicyclic) bond motifs is 1. The number of nitrogens with zero attached hydrogens (tertiary/aromatic N) is 1. The summed E-state index contributed by atoms with van der Waals surface area (Å²) in [7, 11) is 3.54. The average Bonchev–Trinajstić information content (AvgIpc) is 2.98. The fraction of sp³-hybridized carbons (Fsp3) is 0.571. The normalized spacial score (nSPS) is 12.4. The molecular formula is C35H49NO7. The molecule has 1 aliphatic rings. The summed E-state index contributed by atoms with van der Waals surface area (Å²) in [4.78, 5) is 37.0. The van der Waals surface area contributed by atoms with Crippen molar-refractivity contribution >= 4 is 17.7 Å². The molecule has 1 amide bonds. The first-order valence-corrected chi connectivity index (χ1v) is 15.9. The first kappa shape index (κ1) is 33.9. The average molecular weight is 596 g/mol. The van der Waals surface area contributed by atoms with Gasteiger partial charge in [0.1, 0.15) is 17.2 Å². The molecular weight excluding hydrogens is 546 g/mol. The van der Waals surface area contributed by atoms with Gasteiger partial charge in [-0.15, -0.1) is 0 Å². The number of rotatable bonds is 20. The van der Waals surface area contributed by atoms with Crippen molar-refractivity contribution in [1.82, 2.24) is 4.90 Å². The molecule has 0 aliphatic carbocycles. The molecule has 0 unspecified atom stereocenters. The molecule has 2 aromatic rings. The van der Waals surface area contributed by atoms with Crippen LogP contribution in [-0.4, -0.2) is 61.6 Å². The maximum atomic E-state index is 12.3. The number of aryl methyl sites for hydroxylation is 1. The number of amides is 1. The molecule has 0 saturated heterocycles. The second kappa shape index (κ2) is 18.2. The summed E-state index contributed by atoms with van der Waals surface area (Å²) >= 11 is 0. The van der Waals surface area contributed by atoms with Crippen LogP contribution < -0.4 is 14.2 Å². The van der Waals surface area contributed by atoms with Crippen LogP contribution in [0.5, 0.6) is 17.2 Å². The molecule has 0 aromatic heterocycles. The van der Waals surface area contributed by atoms with Crippen molar-refractivity contribution in [3.8, 4) is 17.2 Å². The van der Waals surface area contributed by atoms with Gasteiger partial charge in [0, 0.05) is 38.9 Å². The Morgan fingerprint density at radius 1 is 0.837 bits per heavy atom. The Kier molecular flexibility index (Phi) is 14.4. The number of carbonyl (C=O) groups excluding carboxylic acids is 2. The largest absolute Gasteiger partial charge is 0.493 e. The lowest BCUT2D eigenvalue weighted by Gasteiger charge is -2.22. The Labute approximate surface area is 256 Å². The van der Waals surface area contributed by atoms with Crippen molar-refractivity contribution in [3.05, 3.63) is 52.6 Å². The maximum Gasteiger partial charge on any atom is 0.303 e. The number of aliphatic carboxylic acids is 1. The van der Waals surface area contributed by atoms with Crippen LogP contribution in [0, 0.1) is 0 Å². The highest BCUT2D eigenvalue weighted by molar-refractivity contribution is 6.00. The minimum atomic E-state index is -0.814. The molecule has 1 N–H and O–H groups in total. The van der Waals surface area contributed by atoms with Gasteiger partial charge in [-0.3, -0.25) is 14.4 Å². The van der Waals surface area contributed by atoms with Crippen molar-refractivity contribution in [2.24, 2.45) is 0 Å². The Hall–Kier alpha value is -3.55. The smallest absolute Gasteiger partial charge is 0.303 e. The van der Waals surface area contributed by atoms with Gasteiger partial charge < -0.3 is 24.2 Å². The van der Waals surface area contributed by atoms with Crippen LogP contribution in [0.4, 0.5) is 0 Å². The van der Waals surface area contributed by atoms with Gasteiger partial charge in [0.2, 0.25) is 5.91 Å². The number of hydrogen-bond donors (Lipinski definition) is 1. The third kappa shape index (κ3) is 10.9. The maximum absolute atomic E-state index is 12.3. The summed E-state index contributed by atoms with van der Waals surface area (Å²) in [6.07, 6.45) is 10.7. The van der Waals surface area contributed by atoms with Gasteiger partial charge in [-0.25, -0.2) is 0 Å². The quantitative estimate of drug-likeness (QED) is 0.167. The van der Waals surface area contributed by atoms with Crippen LogP contribution in [0.1, 0.15) is 105 Å². The van der Waals surface area contributed by atoms with Gasteiger partial charge in [-0.1, -0.05) is 38.3 Å². The summed E-state index contributed by atoms with van der Waals surface area (Å²) in [5, 5.41) is 9.30. The van der Waals surface area contributed by atoms with Gasteiger partial charge in [0.15, 0.2) is 5.78 Å². The summed E-state index contributed by atoms with van der Waals surface area (Å²) in [6.45, 7) is 3.70. The molecule has 3 rings (SSSR count). The zero-order valence-electron chi connectivity index (χ0n) is 26.3. The number of Topliss-reactive ketones (excluding diaryl/α,β-unsaturated/α-hetero) is 1. The van der Waals surface area contributed by atoms with E-state index in [2.05, 4.69) is 13.0 Å². The van der Waals surface area contributed by atoms with Gasteiger partial charge >= 0.3 is 5.97 Å². The van der Waals surface area contributed by atoms with Gasteiger partial charge in [-0.05, 0) is 80.7 Å². The molecule has 0 fully saturated rings. The van der Waals surface area contributed by atoms with Gasteiger partial charge in [0.05, 0.1) is 25.4 Å². The van der Waals surface area contributed by atoms with E-state index in [0.29, 0.717) is 50.4 Å². The number of hydrogen-bond acceptors (Lipinski definition) is 6. The number of benzene rings is 2. The lowest BCUT2D eigenvalue weighted by Crippen LogP contribution is -2.21. The minimum absolute atomic E-state index is 0.0687. The van der Waals surface area contributed by atoms with Gasteiger partial charge in [-0.2, -0.15) is 0 Å². The van der Waals surface area contributed by atoms with E-state index in [9.17, 15) is 19.5 Å². The highest BCUT2D eigenvalue weighted by Gasteiger charge is 2.23. The van der Waals surface area contributed by atoms with E-state index in [0.717, 1.165) is 92.4 Å². The van der Waals surface area contributed by atoms with Crippen molar-refractivity contribution < 1.29 is 33.7 Å². The molecule has 0 radical (unpaired) electrons. The van der Waals surface area contributed by atoms with Crippen LogP contribution in [-0.2, 0) is 28.9 Å². The molecule has 0 bridgehead atoms. The first-order chi connectivity index (χ1) is 20.8. The number of carbonyl (C=O) groups is 3. The van der Waals surface area contributed by atoms with Crippen molar-refractivity contribution in [2.45, 2.75) is 96.8 Å². The number of carboxylic acids is 1. The fourth-order valence-electron chi connectivity index (χ4n) is 5.41. The van der Waals surface area contributed by atoms with E-state index in [4.69, 9.17) is 14.2 Å². The third-order valence-electron chi connectivity index (χ3n) is 7.80. The molecule has 0 saturated carbocycles. The summed E-state index contributed by atoms with van der Waals surface area (Å²) < 4.78 is 18.1. The van der Waals surface area contributed by atoms with Crippen LogP contribution >= 0.6 is 0 Å². The molecule has 2 aromatic carbocycles. The van der Waals surface area contributed by atoms with Crippen molar-refractivity contribution in [1.29, 1.82) is 0 Å². The predicted molar refractivity (Wildman–Crippen MR) is 168 cm³/mol. The minimum Gasteiger partial charge on any atom is -0.493 e. The summed E-state index contributed by atoms with van der Waals surface area (Å²) in [5.41, 5.74) is 3.82. The second-order valence-corrected chi connectivity index (χ2v) is 11.4. The highest BCUT2D eigenvalue weighted by Crippen LogP contribution is 2.36. The molecule has 0 atom stereocenters. The highest BCUT2D eigenvalue weighted by atomic mass is 16.5. The second-order valence-electron chi connectivity index (χ2n) is 11.4. The lowest BCUT2D eigenvalue weighted by atomic mass is 9.96. The zero-order chi connectivity index (χ0) is 31.0. The molecule has 1 aliphatic heterocycles. The van der Waals surface area contributed by atoms with Crippen molar-refractivity contribution in [3.63, 3.8) is 0 Å². The third-order valence-corrected chi connectivity index (χ3v) is 7.80. The topological polar surface area (TPSA) is 102 Å². The van der Waals surface area contributed by atoms with E-state index < -0.39 is 5.97 Å². The zero-order valence-corrected chi connectivity index (χ0v) is 26.3. The summed E-state index contributed by atoms with van der Waals surface area (Å²) in [5.74, 6) is 1.76. The number of ether oxygens (including phenoxy) is 3. The number of carboxylic acid groups (broad SMARTS) is 1. The Bertz CT molecular complexity index is 1210. The van der Waals surface area contributed by atoms with Gasteiger partial charge in [0.25, 0.3) is 0 Å².